The lowest BCUT2D eigenvalue weighted by Gasteiger charge is -2.05. The van der Waals surface area contributed by atoms with Crippen LogP contribution in [0.5, 0.6) is 0 Å². The van der Waals surface area contributed by atoms with Gasteiger partial charge in [-0.05, 0) is 12.0 Å². The van der Waals surface area contributed by atoms with Gasteiger partial charge in [0.15, 0.2) is 5.82 Å². The van der Waals surface area contributed by atoms with Crippen LogP contribution >= 0.6 is 0 Å². The minimum absolute atomic E-state index is 0.241. The van der Waals surface area contributed by atoms with Crippen molar-refractivity contribution < 1.29 is 9.26 Å². The Morgan fingerprint density at radius 3 is 2.83 bits per heavy atom. The van der Waals surface area contributed by atoms with Crippen LogP contribution in [0.25, 0.3) is 0 Å². The number of nitrogens with zero attached hydrogens (tertiary/aromatic N) is 2. The van der Waals surface area contributed by atoms with Gasteiger partial charge in [0.25, 0.3) is 0 Å². The molecular weight excluding hydrogens is 230 g/mol. The van der Waals surface area contributed by atoms with Gasteiger partial charge >= 0.3 is 0 Å². The Hall–Kier alpha value is -1.72. The lowest BCUT2D eigenvalue weighted by molar-refractivity contribution is 0.192. The summed E-state index contributed by atoms with van der Waals surface area (Å²) in [4.78, 5) is 4.39. The predicted octanol–water partition coefficient (Wildman–Crippen LogP) is 1.62. The van der Waals surface area contributed by atoms with E-state index >= 15 is 0 Å². The van der Waals surface area contributed by atoms with Crippen molar-refractivity contribution >= 4 is 0 Å². The minimum atomic E-state index is -0.366. The van der Waals surface area contributed by atoms with Gasteiger partial charge in [0.1, 0.15) is 6.04 Å². The maximum absolute atomic E-state index is 6.10. The maximum atomic E-state index is 6.10. The zero-order valence-corrected chi connectivity index (χ0v) is 9.95. The number of hydrogen-bond acceptors (Lipinski definition) is 5. The summed E-state index contributed by atoms with van der Waals surface area (Å²) < 4.78 is 10.6. The topological polar surface area (TPSA) is 74.2 Å². The van der Waals surface area contributed by atoms with Crippen LogP contribution in [-0.2, 0) is 4.74 Å². The van der Waals surface area contributed by atoms with Gasteiger partial charge in [0.2, 0.25) is 5.89 Å². The monoisotopic (exact) mass is 245 g/mol. The molecule has 0 amide bonds. The van der Waals surface area contributed by atoms with E-state index in [1.54, 1.807) is 0 Å². The highest BCUT2D eigenvalue weighted by Crippen LogP contribution is 2.25. The van der Waals surface area contributed by atoms with Crippen LogP contribution < -0.4 is 5.73 Å². The molecule has 1 saturated heterocycles. The van der Waals surface area contributed by atoms with Crippen LogP contribution in [0.4, 0.5) is 0 Å². The molecule has 1 fully saturated rings. The molecule has 1 aromatic carbocycles. The van der Waals surface area contributed by atoms with Gasteiger partial charge in [-0.15, -0.1) is 0 Å². The lowest BCUT2D eigenvalue weighted by Crippen LogP contribution is -2.12. The number of rotatable bonds is 3. The standard InChI is InChI=1S/C13H15N3O2/c14-11(9-4-2-1-3-5-9)13-15-12(16-18-13)10-6-7-17-8-10/h1-5,10-11H,6-8,14H2. The summed E-state index contributed by atoms with van der Waals surface area (Å²) in [6.07, 6.45) is 0.944. The number of benzene rings is 1. The molecule has 2 aromatic rings. The molecule has 18 heavy (non-hydrogen) atoms. The van der Waals surface area contributed by atoms with Crippen molar-refractivity contribution in [3.05, 3.63) is 47.6 Å². The third-order valence-electron chi connectivity index (χ3n) is 3.18. The van der Waals surface area contributed by atoms with Gasteiger partial charge in [-0.25, -0.2) is 0 Å². The molecule has 5 nitrogen and oxygen atoms in total. The summed E-state index contributed by atoms with van der Waals surface area (Å²) in [5.41, 5.74) is 7.07. The Morgan fingerprint density at radius 1 is 1.28 bits per heavy atom. The average Bonchev–Trinajstić information content (AvgIpc) is 3.09. The Morgan fingerprint density at radius 2 is 2.11 bits per heavy atom. The fourth-order valence-corrected chi connectivity index (χ4v) is 2.08. The van der Waals surface area contributed by atoms with E-state index in [1.807, 2.05) is 30.3 Å². The van der Waals surface area contributed by atoms with E-state index in [4.69, 9.17) is 15.0 Å². The van der Waals surface area contributed by atoms with Gasteiger partial charge in [0, 0.05) is 12.5 Å². The first-order valence-corrected chi connectivity index (χ1v) is 6.06. The van der Waals surface area contributed by atoms with Gasteiger partial charge in [0.05, 0.1) is 6.61 Å². The fraction of sp³-hybridized carbons (Fsp3) is 0.385. The molecule has 0 aliphatic carbocycles. The molecule has 3 rings (SSSR count). The smallest absolute Gasteiger partial charge is 0.248 e. The van der Waals surface area contributed by atoms with Crippen molar-refractivity contribution in [1.29, 1.82) is 0 Å². The van der Waals surface area contributed by atoms with E-state index in [1.165, 1.54) is 0 Å². The van der Waals surface area contributed by atoms with Crippen LogP contribution in [0.2, 0.25) is 0 Å². The number of hydrogen-bond donors (Lipinski definition) is 1. The third-order valence-corrected chi connectivity index (χ3v) is 3.18. The van der Waals surface area contributed by atoms with Crippen LogP contribution in [0.15, 0.2) is 34.9 Å². The summed E-state index contributed by atoms with van der Waals surface area (Å²) in [5.74, 6) is 1.41. The lowest BCUT2D eigenvalue weighted by atomic mass is 10.1. The first-order valence-electron chi connectivity index (χ1n) is 6.06. The fourth-order valence-electron chi connectivity index (χ4n) is 2.08. The quantitative estimate of drug-likeness (QED) is 0.889. The second kappa shape index (κ2) is 4.88. The third kappa shape index (κ3) is 2.14. The highest BCUT2D eigenvalue weighted by molar-refractivity contribution is 5.23. The van der Waals surface area contributed by atoms with Crippen molar-refractivity contribution in [3.8, 4) is 0 Å². The zero-order chi connectivity index (χ0) is 12.4. The van der Waals surface area contributed by atoms with Gasteiger partial charge in [-0.3, -0.25) is 0 Å². The van der Waals surface area contributed by atoms with E-state index in [9.17, 15) is 0 Å². The molecule has 94 valence electrons. The van der Waals surface area contributed by atoms with Gasteiger partial charge in [-0.2, -0.15) is 4.98 Å². The summed E-state index contributed by atoms with van der Waals surface area (Å²) in [6.45, 7) is 1.43. The first-order chi connectivity index (χ1) is 8.84. The molecule has 2 heterocycles. The van der Waals surface area contributed by atoms with E-state index in [0.717, 1.165) is 18.6 Å². The summed E-state index contributed by atoms with van der Waals surface area (Å²) in [5, 5.41) is 4.00. The summed E-state index contributed by atoms with van der Waals surface area (Å²) in [6, 6.07) is 9.37. The van der Waals surface area contributed by atoms with Crippen molar-refractivity contribution in [2.24, 2.45) is 5.73 Å². The highest BCUT2D eigenvalue weighted by atomic mass is 16.5. The Kier molecular flexibility index (Phi) is 3.08. The van der Waals surface area contributed by atoms with Crippen molar-refractivity contribution in [3.63, 3.8) is 0 Å². The largest absolute Gasteiger partial charge is 0.381 e. The van der Waals surface area contributed by atoms with E-state index < -0.39 is 0 Å². The number of nitrogens with two attached hydrogens (primary N) is 1. The van der Waals surface area contributed by atoms with Crippen LogP contribution in [0, 0.1) is 0 Å². The Labute approximate surface area is 105 Å². The maximum Gasteiger partial charge on any atom is 0.248 e. The molecule has 0 saturated carbocycles. The summed E-state index contributed by atoms with van der Waals surface area (Å²) >= 11 is 0. The van der Waals surface area contributed by atoms with E-state index in [-0.39, 0.29) is 12.0 Å². The zero-order valence-electron chi connectivity index (χ0n) is 9.95. The Balaban J connectivity index is 1.80. The van der Waals surface area contributed by atoms with Crippen molar-refractivity contribution in [2.45, 2.75) is 18.4 Å². The number of ether oxygens (including phenoxy) is 1. The molecule has 5 heteroatoms. The van der Waals surface area contributed by atoms with Gasteiger partial charge < -0.3 is 15.0 Å². The molecule has 1 aromatic heterocycles. The molecule has 1 aliphatic rings. The second-order valence-corrected chi connectivity index (χ2v) is 4.44. The normalized spacial score (nSPS) is 21.1. The molecular formula is C13H15N3O2. The molecule has 2 N–H and O–H groups in total. The SMILES string of the molecule is NC(c1ccccc1)c1nc(C2CCOC2)no1. The molecule has 2 atom stereocenters. The minimum Gasteiger partial charge on any atom is -0.381 e. The molecule has 2 unspecified atom stereocenters. The van der Waals surface area contributed by atoms with Crippen LogP contribution in [0.3, 0.4) is 0 Å². The highest BCUT2D eigenvalue weighted by Gasteiger charge is 2.25. The first kappa shape index (κ1) is 11.4. The molecule has 0 radical (unpaired) electrons. The van der Waals surface area contributed by atoms with E-state index in [0.29, 0.717) is 18.3 Å². The predicted molar refractivity (Wildman–Crippen MR) is 64.9 cm³/mol. The average molecular weight is 245 g/mol. The second-order valence-electron chi connectivity index (χ2n) is 4.44. The van der Waals surface area contributed by atoms with Crippen LogP contribution in [-0.4, -0.2) is 23.4 Å². The molecule has 1 aliphatic heterocycles. The Bertz CT molecular complexity index is 506. The van der Waals surface area contributed by atoms with Crippen molar-refractivity contribution in [2.75, 3.05) is 13.2 Å². The van der Waals surface area contributed by atoms with Gasteiger partial charge in [-0.1, -0.05) is 35.5 Å². The number of aromatic nitrogens is 2. The molecule has 0 spiro atoms. The van der Waals surface area contributed by atoms with Crippen molar-refractivity contribution in [1.82, 2.24) is 10.1 Å². The van der Waals surface area contributed by atoms with E-state index in [2.05, 4.69) is 10.1 Å². The molecule has 0 bridgehead atoms. The van der Waals surface area contributed by atoms with Crippen LogP contribution in [0.1, 0.15) is 35.7 Å². The summed E-state index contributed by atoms with van der Waals surface area (Å²) in [7, 11) is 0.